The van der Waals surface area contributed by atoms with Gasteiger partial charge in [-0.25, -0.2) is 9.50 Å². The fraction of sp³-hybridized carbons (Fsp3) is 0.286. The first-order valence-electron chi connectivity index (χ1n) is 7.09. The first-order valence-corrected chi connectivity index (χ1v) is 8.08. The first-order chi connectivity index (χ1) is 11.7. The van der Waals surface area contributed by atoms with Crippen LogP contribution in [0.15, 0.2) is 38.8 Å². The molecule has 0 bridgehead atoms. The van der Waals surface area contributed by atoms with E-state index in [1.807, 2.05) is 0 Å². The number of amides is 1. The van der Waals surface area contributed by atoms with Crippen molar-refractivity contribution in [3.8, 4) is 11.6 Å². The van der Waals surface area contributed by atoms with Gasteiger partial charge in [-0.1, -0.05) is 11.8 Å². The quantitative estimate of drug-likeness (QED) is 0.472. The zero-order valence-electron chi connectivity index (χ0n) is 12.8. The van der Waals surface area contributed by atoms with Crippen LogP contribution in [0.3, 0.4) is 0 Å². The number of thioether (sulfide) groups is 1. The van der Waals surface area contributed by atoms with Gasteiger partial charge in [0, 0.05) is 19.7 Å². The highest BCUT2D eigenvalue weighted by molar-refractivity contribution is 7.99. The van der Waals surface area contributed by atoms with Gasteiger partial charge in [0.15, 0.2) is 22.4 Å². The number of carbonyl (C=O) groups is 1. The molecule has 0 radical (unpaired) electrons. The van der Waals surface area contributed by atoms with Crippen molar-refractivity contribution < 1.29 is 13.9 Å². The number of methoxy groups -OCH3 is 1. The molecule has 10 heteroatoms. The minimum atomic E-state index is -0.299. The fourth-order valence-electron chi connectivity index (χ4n) is 1.97. The van der Waals surface area contributed by atoms with Crippen LogP contribution >= 0.6 is 11.8 Å². The number of ether oxygens (including phenoxy) is 1. The van der Waals surface area contributed by atoms with Crippen LogP contribution in [0.4, 0.5) is 0 Å². The average Bonchev–Trinajstić information content (AvgIpc) is 3.21. The van der Waals surface area contributed by atoms with Gasteiger partial charge >= 0.3 is 0 Å². The number of fused-ring (bicyclic) bond motifs is 1. The number of nitrogens with one attached hydrogen (secondary N) is 2. The van der Waals surface area contributed by atoms with E-state index in [9.17, 15) is 9.59 Å². The molecule has 3 heterocycles. The molecule has 0 aromatic carbocycles. The molecule has 0 fully saturated rings. The van der Waals surface area contributed by atoms with Crippen LogP contribution < -0.4 is 10.9 Å². The summed E-state index contributed by atoms with van der Waals surface area (Å²) in [5, 5.41) is 5.77. The van der Waals surface area contributed by atoms with Crippen LogP contribution in [0.5, 0.6) is 0 Å². The number of H-pyrrole nitrogens is 1. The lowest BCUT2D eigenvalue weighted by atomic mass is 10.4. The number of carbonyl (C=O) groups excluding carboxylic acids is 1. The standard InChI is InChI=1S/C14H15N5O4S/c1-22-6-4-15-12(21)8-24-14-17-13(9-3-2-5-23-9)16-10-7-11(20)18-19(10)14/h2-3,5,7H,4,6,8H2,1H3,(H,15,21)(H,18,20). The minimum absolute atomic E-state index is 0.146. The summed E-state index contributed by atoms with van der Waals surface area (Å²) in [5.74, 6) is 0.824. The second-order valence-corrected chi connectivity index (χ2v) is 5.70. The number of aromatic nitrogens is 4. The first kappa shape index (κ1) is 16.3. The van der Waals surface area contributed by atoms with Crippen molar-refractivity contribution in [2.24, 2.45) is 0 Å². The summed E-state index contributed by atoms with van der Waals surface area (Å²) in [6, 6.07) is 4.81. The minimum Gasteiger partial charge on any atom is -0.461 e. The summed E-state index contributed by atoms with van der Waals surface area (Å²) in [7, 11) is 1.57. The van der Waals surface area contributed by atoms with Gasteiger partial charge in [-0.05, 0) is 12.1 Å². The fourth-order valence-corrected chi connectivity index (χ4v) is 2.75. The highest BCUT2D eigenvalue weighted by Gasteiger charge is 2.14. The zero-order chi connectivity index (χ0) is 16.9. The molecule has 126 valence electrons. The third kappa shape index (κ3) is 3.66. The summed E-state index contributed by atoms with van der Waals surface area (Å²) in [5.41, 5.74) is 0.107. The van der Waals surface area contributed by atoms with Gasteiger partial charge in [0.1, 0.15) is 0 Å². The maximum atomic E-state index is 11.8. The van der Waals surface area contributed by atoms with E-state index in [1.165, 1.54) is 28.6 Å². The number of rotatable bonds is 7. The van der Waals surface area contributed by atoms with E-state index in [2.05, 4.69) is 20.4 Å². The molecule has 0 aliphatic rings. The van der Waals surface area contributed by atoms with Gasteiger partial charge in [-0.3, -0.25) is 14.7 Å². The van der Waals surface area contributed by atoms with Crippen LogP contribution in [0.1, 0.15) is 0 Å². The molecule has 3 aromatic heterocycles. The number of aromatic amines is 1. The molecule has 24 heavy (non-hydrogen) atoms. The van der Waals surface area contributed by atoms with E-state index in [0.29, 0.717) is 35.5 Å². The largest absolute Gasteiger partial charge is 0.461 e. The van der Waals surface area contributed by atoms with Gasteiger partial charge in [0.05, 0.1) is 18.6 Å². The van der Waals surface area contributed by atoms with Crippen molar-refractivity contribution in [3.05, 3.63) is 34.8 Å². The molecule has 0 atom stereocenters. The Morgan fingerprint density at radius 1 is 1.50 bits per heavy atom. The van der Waals surface area contributed by atoms with E-state index in [1.54, 1.807) is 19.2 Å². The Morgan fingerprint density at radius 2 is 2.38 bits per heavy atom. The summed E-state index contributed by atoms with van der Waals surface area (Å²) >= 11 is 1.19. The van der Waals surface area contributed by atoms with E-state index in [-0.39, 0.29) is 17.2 Å². The second-order valence-electron chi connectivity index (χ2n) is 4.75. The Kier molecular flexibility index (Phi) is 4.96. The molecule has 0 saturated carbocycles. The smallest absolute Gasteiger partial charge is 0.266 e. The number of nitrogens with zero attached hydrogens (tertiary/aromatic N) is 3. The molecule has 0 unspecified atom stereocenters. The molecule has 9 nitrogen and oxygen atoms in total. The van der Waals surface area contributed by atoms with E-state index >= 15 is 0 Å². The molecule has 0 aliphatic heterocycles. The maximum absolute atomic E-state index is 11.8. The Balaban J connectivity index is 1.83. The second kappa shape index (κ2) is 7.32. The van der Waals surface area contributed by atoms with E-state index in [4.69, 9.17) is 9.15 Å². The molecule has 1 amide bonds. The highest BCUT2D eigenvalue weighted by Crippen LogP contribution is 2.21. The lowest BCUT2D eigenvalue weighted by Gasteiger charge is -2.07. The summed E-state index contributed by atoms with van der Waals surface area (Å²) in [4.78, 5) is 32.1. The molecule has 3 aromatic rings. The van der Waals surface area contributed by atoms with Gasteiger partial charge < -0.3 is 14.5 Å². The molecular weight excluding hydrogens is 334 g/mol. The molecule has 3 rings (SSSR count). The predicted octanol–water partition coefficient (Wildman–Crippen LogP) is 0.532. The van der Waals surface area contributed by atoms with E-state index in [0.717, 1.165) is 0 Å². The monoisotopic (exact) mass is 349 g/mol. The van der Waals surface area contributed by atoms with Gasteiger partial charge in [0.2, 0.25) is 5.91 Å². The Labute approximate surface area is 140 Å². The molecule has 2 N–H and O–H groups in total. The van der Waals surface area contributed by atoms with Crippen molar-refractivity contribution in [1.29, 1.82) is 0 Å². The predicted molar refractivity (Wildman–Crippen MR) is 86.9 cm³/mol. The molecule has 0 aliphatic carbocycles. The summed E-state index contributed by atoms with van der Waals surface area (Å²) in [6.45, 7) is 0.884. The normalized spacial score (nSPS) is 11.0. The third-order valence-electron chi connectivity index (χ3n) is 3.03. The van der Waals surface area contributed by atoms with Gasteiger partial charge in [0.25, 0.3) is 5.56 Å². The molecular formula is C14H15N5O4S. The van der Waals surface area contributed by atoms with Crippen molar-refractivity contribution in [3.63, 3.8) is 0 Å². The van der Waals surface area contributed by atoms with Crippen LogP contribution in [0, 0.1) is 0 Å². The van der Waals surface area contributed by atoms with Crippen molar-refractivity contribution in [1.82, 2.24) is 24.9 Å². The molecule has 0 spiro atoms. The van der Waals surface area contributed by atoms with Crippen LogP contribution in [0.2, 0.25) is 0 Å². The lowest BCUT2D eigenvalue weighted by Crippen LogP contribution is -2.28. The van der Waals surface area contributed by atoms with Crippen molar-refractivity contribution in [2.45, 2.75) is 5.16 Å². The van der Waals surface area contributed by atoms with Crippen molar-refractivity contribution >= 4 is 23.3 Å². The number of hydrogen-bond donors (Lipinski definition) is 2. The van der Waals surface area contributed by atoms with Crippen LogP contribution in [-0.4, -0.2) is 51.5 Å². The van der Waals surface area contributed by atoms with Gasteiger partial charge in [-0.2, -0.15) is 4.98 Å². The third-order valence-corrected chi connectivity index (χ3v) is 3.97. The Morgan fingerprint density at radius 3 is 3.12 bits per heavy atom. The lowest BCUT2D eigenvalue weighted by molar-refractivity contribution is -0.118. The topological polar surface area (TPSA) is 115 Å². The summed E-state index contributed by atoms with van der Waals surface area (Å²) < 4.78 is 11.6. The molecule has 0 saturated heterocycles. The number of hydrogen-bond acceptors (Lipinski definition) is 7. The Hall–Kier alpha value is -2.59. The Bertz CT molecular complexity index is 886. The SMILES string of the molecule is COCCNC(=O)CSc1nc(-c2ccco2)nc2cc(=O)[nH]n12. The van der Waals surface area contributed by atoms with Crippen LogP contribution in [-0.2, 0) is 9.53 Å². The number of furan rings is 1. The summed E-state index contributed by atoms with van der Waals surface area (Å²) in [6.07, 6.45) is 1.52. The highest BCUT2D eigenvalue weighted by atomic mass is 32.2. The van der Waals surface area contributed by atoms with E-state index < -0.39 is 0 Å². The van der Waals surface area contributed by atoms with Crippen LogP contribution in [0.25, 0.3) is 17.2 Å². The van der Waals surface area contributed by atoms with Gasteiger partial charge in [-0.15, -0.1) is 0 Å². The maximum Gasteiger partial charge on any atom is 0.266 e. The zero-order valence-corrected chi connectivity index (χ0v) is 13.6. The van der Waals surface area contributed by atoms with Crippen molar-refractivity contribution in [2.75, 3.05) is 26.0 Å². The average molecular weight is 349 g/mol.